The van der Waals surface area contributed by atoms with Gasteiger partial charge in [-0.15, -0.1) is 0 Å². The minimum absolute atomic E-state index is 0.0316. The standard InChI is InChI=1S/C16H23BrN2O4/c1-18(11-16(20)21)9-14-10-19(5-6-23-14)8-12-3-4-13(22-2)7-15(12)17/h3-4,7,14H,5-6,8-11H2,1-2H3,(H,20,21). The second-order valence-corrected chi connectivity index (χ2v) is 6.63. The van der Waals surface area contributed by atoms with Crippen molar-refractivity contribution in [2.75, 3.05) is 46.9 Å². The number of morpholine rings is 1. The van der Waals surface area contributed by atoms with Crippen LogP contribution in [0.5, 0.6) is 5.75 Å². The Labute approximate surface area is 145 Å². The number of methoxy groups -OCH3 is 1. The van der Waals surface area contributed by atoms with Crippen LogP contribution in [0.25, 0.3) is 0 Å². The highest BCUT2D eigenvalue weighted by atomic mass is 79.9. The molecule has 0 radical (unpaired) electrons. The third-order valence-corrected chi connectivity index (χ3v) is 4.54. The highest BCUT2D eigenvalue weighted by Crippen LogP contribution is 2.24. The number of hydrogen-bond donors (Lipinski definition) is 1. The van der Waals surface area contributed by atoms with Crippen LogP contribution in [0.1, 0.15) is 5.56 Å². The normalized spacial score (nSPS) is 19.0. The van der Waals surface area contributed by atoms with Gasteiger partial charge in [0.1, 0.15) is 5.75 Å². The number of likely N-dealkylation sites (N-methyl/N-ethyl adjacent to an activating group) is 1. The van der Waals surface area contributed by atoms with E-state index in [9.17, 15) is 4.79 Å². The number of carboxylic acid groups (broad SMARTS) is 1. The van der Waals surface area contributed by atoms with Crippen LogP contribution in [0.4, 0.5) is 0 Å². The van der Waals surface area contributed by atoms with E-state index in [1.807, 2.05) is 12.1 Å². The minimum Gasteiger partial charge on any atom is -0.497 e. The summed E-state index contributed by atoms with van der Waals surface area (Å²) in [6.45, 7) is 3.81. The summed E-state index contributed by atoms with van der Waals surface area (Å²) in [7, 11) is 3.46. The Morgan fingerprint density at radius 3 is 3.00 bits per heavy atom. The average Bonchev–Trinajstić information content (AvgIpc) is 2.48. The molecule has 128 valence electrons. The van der Waals surface area contributed by atoms with Crippen LogP contribution in [-0.4, -0.2) is 73.9 Å². The largest absolute Gasteiger partial charge is 0.497 e. The molecule has 1 N–H and O–H groups in total. The lowest BCUT2D eigenvalue weighted by atomic mass is 10.1. The summed E-state index contributed by atoms with van der Waals surface area (Å²) in [5.41, 5.74) is 1.20. The van der Waals surface area contributed by atoms with E-state index < -0.39 is 5.97 Å². The molecule has 1 aromatic rings. The number of ether oxygens (including phenoxy) is 2. The fourth-order valence-corrected chi connectivity index (χ4v) is 3.18. The smallest absolute Gasteiger partial charge is 0.317 e. The molecule has 1 aliphatic heterocycles. The third-order valence-electron chi connectivity index (χ3n) is 3.80. The Hall–Kier alpha value is -1.15. The SMILES string of the molecule is COc1ccc(CN2CCOC(CN(C)CC(=O)O)C2)c(Br)c1. The van der Waals surface area contributed by atoms with E-state index in [4.69, 9.17) is 14.6 Å². The molecule has 0 saturated carbocycles. The molecule has 23 heavy (non-hydrogen) atoms. The Morgan fingerprint density at radius 2 is 2.35 bits per heavy atom. The lowest BCUT2D eigenvalue weighted by Crippen LogP contribution is -2.47. The second kappa shape index (κ2) is 8.63. The summed E-state index contributed by atoms with van der Waals surface area (Å²) in [5, 5.41) is 8.83. The monoisotopic (exact) mass is 386 g/mol. The summed E-state index contributed by atoms with van der Waals surface area (Å²) >= 11 is 3.59. The van der Waals surface area contributed by atoms with E-state index in [2.05, 4.69) is 26.9 Å². The van der Waals surface area contributed by atoms with Gasteiger partial charge in [-0.2, -0.15) is 0 Å². The van der Waals surface area contributed by atoms with Crippen molar-refractivity contribution in [3.8, 4) is 5.75 Å². The topological polar surface area (TPSA) is 62.2 Å². The maximum Gasteiger partial charge on any atom is 0.317 e. The molecule has 1 atom stereocenters. The van der Waals surface area contributed by atoms with E-state index in [0.717, 1.165) is 29.9 Å². The van der Waals surface area contributed by atoms with Crippen molar-refractivity contribution in [1.82, 2.24) is 9.80 Å². The first-order chi connectivity index (χ1) is 11.0. The molecule has 2 rings (SSSR count). The molecule has 1 unspecified atom stereocenters. The number of halogens is 1. The maximum atomic E-state index is 10.7. The zero-order chi connectivity index (χ0) is 16.8. The first kappa shape index (κ1) is 18.2. The number of rotatable bonds is 7. The molecule has 1 saturated heterocycles. The van der Waals surface area contributed by atoms with Gasteiger partial charge < -0.3 is 14.6 Å². The predicted octanol–water partition coefficient (Wildman–Crippen LogP) is 1.67. The van der Waals surface area contributed by atoms with Crippen LogP contribution in [0.2, 0.25) is 0 Å². The van der Waals surface area contributed by atoms with Gasteiger partial charge in [-0.1, -0.05) is 22.0 Å². The quantitative estimate of drug-likeness (QED) is 0.768. The minimum atomic E-state index is -0.817. The lowest BCUT2D eigenvalue weighted by Gasteiger charge is -2.34. The van der Waals surface area contributed by atoms with Crippen molar-refractivity contribution in [2.24, 2.45) is 0 Å². The molecule has 1 fully saturated rings. The molecule has 1 aliphatic rings. The van der Waals surface area contributed by atoms with E-state index in [1.54, 1.807) is 19.1 Å². The average molecular weight is 387 g/mol. The van der Waals surface area contributed by atoms with Gasteiger partial charge in [0.2, 0.25) is 0 Å². The lowest BCUT2D eigenvalue weighted by molar-refractivity contribution is -0.138. The predicted molar refractivity (Wildman–Crippen MR) is 90.8 cm³/mol. The molecular weight excluding hydrogens is 364 g/mol. The molecule has 1 heterocycles. The first-order valence-electron chi connectivity index (χ1n) is 7.54. The van der Waals surface area contributed by atoms with E-state index >= 15 is 0 Å². The molecular formula is C16H23BrN2O4. The highest BCUT2D eigenvalue weighted by Gasteiger charge is 2.22. The van der Waals surface area contributed by atoms with Gasteiger partial charge in [0.05, 0.1) is 26.4 Å². The van der Waals surface area contributed by atoms with Gasteiger partial charge in [0, 0.05) is 30.7 Å². The Bertz CT molecular complexity index is 541. The van der Waals surface area contributed by atoms with Gasteiger partial charge in [0.25, 0.3) is 0 Å². The summed E-state index contributed by atoms with van der Waals surface area (Å²) in [5.74, 6) is 0.0121. The molecule has 0 bridgehead atoms. The first-order valence-corrected chi connectivity index (χ1v) is 8.34. The van der Waals surface area contributed by atoms with E-state index in [-0.39, 0.29) is 12.6 Å². The number of carboxylic acids is 1. The van der Waals surface area contributed by atoms with Crippen LogP contribution >= 0.6 is 15.9 Å². The van der Waals surface area contributed by atoms with Gasteiger partial charge in [-0.3, -0.25) is 14.6 Å². The van der Waals surface area contributed by atoms with Crippen LogP contribution < -0.4 is 4.74 Å². The van der Waals surface area contributed by atoms with Crippen molar-refractivity contribution in [3.63, 3.8) is 0 Å². The Balaban J connectivity index is 1.90. The number of benzene rings is 1. The van der Waals surface area contributed by atoms with Crippen LogP contribution in [0.3, 0.4) is 0 Å². The van der Waals surface area contributed by atoms with Crippen LogP contribution in [0.15, 0.2) is 22.7 Å². The molecule has 0 spiro atoms. The number of aliphatic carboxylic acids is 1. The molecule has 0 aliphatic carbocycles. The fourth-order valence-electron chi connectivity index (χ4n) is 2.70. The van der Waals surface area contributed by atoms with Crippen LogP contribution in [-0.2, 0) is 16.1 Å². The third kappa shape index (κ3) is 5.76. The zero-order valence-electron chi connectivity index (χ0n) is 13.5. The molecule has 7 heteroatoms. The van der Waals surface area contributed by atoms with Gasteiger partial charge in [-0.25, -0.2) is 0 Å². The molecule has 6 nitrogen and oxygen atoms in total. The van der Waals surface area contributed by atoms with Crippen molar-refractivity contribution >= 4 is 21.9 Å². The Morgan fingerprint density at radius 1 is 1.57 bits per heavy atom. The van der Waals surface area contributed by atoms with Crippen molar-refractivity contribution < 1.29 is 19.4 Å². The van der Waals surface area contributed by atoms with Crippen LogP contribution in [0, 0.1) is 0 Å². The van der Waals surface area contributed by atoms with Gasteiger partial charge >= 0.3 is 5.97 Å². The van der Waals surface area contributed by atoms with Crippen molar-refractivity contribution in [2.45, 2.75) is 12.6 Å². The highest BCUT2D eigenvalue weighted by molar-refractivity contribution is 9.10. The Kier molecular flexibility index (Phi) is 6.83. The zero-order valence-corrected chi connectivity index (χ0v) is 15.1. The summed E-state index contributed by atoms with van der Waals surface area (Å²) in [6.07, 6.45) is 0.0325. The molecule has 0 aromatic heterocycles. The molecule has 0 amide bonds. The number of carbonyl (C=O) groups is 1. The van der Waals surface area contributed by atoms with Gasteiger partial charge in [-0.05, 0) is 24.7 Å². The summed E-state index contributed by atoms with van der Waals surface area (Å²) < 4.78 is 12.0. The van der Waals surface area contributed by atoms with Gasteiger partial charge in [0.15, 0.2) is 0 Å². The second-order valence-electron chi connectivity index (χ2n) is 5.78. The maximum absolute atomic E-state index is 10.7. The fraction of sp³-hybridized carbons (Fsp3) is 0.562. The van der Waals surface area contributed by atoms with E-state index in [1.165, 1.54) is 5.56 Å². The van der Waals surface area contributed by atoms with Crippen molar-refractivity contribution in [1.29, 1.82) is 0 Å². The number of nitrogens with zero attached hydrogens (tertiary/aromatic N) is 2. The summed E-state index contributed by atoms with van der Waals surface area (Å²) in [4.78, 5) is 14.8. The van der Waals surface area contributed by atoms with E-state index in [0.29, 0.717) is 13.2 Å². The molecule has 1 aromatic carbocycles. The number of hydrogen-bond acceptors (Lipinski definition) is 5. The summed E-state index contributed by atoms with van der Waals surface area (Å²) in [6, 6.07) is 5.98. The van der Waals surface area contributed by atoms with Crippen molar-refractivity contribution in [3.05, 3.63) is 28.2 Å².